The van der Waals surface area contributed by atoms with Gasteiger partial charge in [-0.05, 0) is 30.7 Å². The Labute approximate surface area is 111 Å². The number of ether oxygens (including phenoxy) is 1. The van der Waals surface area contributed by atoms with E-state index in [2.05, 4.69) is 5.10 Å². The summed E-state index contributed by atoms with van der Waals surface area (Å²) in [6.45, 7) is 2.06. The summed E-state index contributed by atoms with van der Waals surface area (Å²) < 4.78 is 7.30. The summed E-state index contributed by atoms with van der Waals surface area (Å²) in [4.78, 5) is 0. The Morgan fingerprint density at radius 2 is 2.22 bits per heavy atom. The highest BCUT2D eigenvalue weighted by molar-refractivity contribution is 6.32. The Morgan fingerprint density at radius 1 is 1.44 bits per heavy atom. The largest absolute Gasteiger partial charge is 0.486 e. The van der Waals surface area contributed by atoms with Gasteiger partial charge in [-0.2, -0.15) is 5.10 Å². The molecule has 0 aliphatic heterocycles. The second-order valence-corrected chi connectivity index (χ2v) is 4.54. The molecule has 0 aliphatic carbocycles. The number of rotatable bonds is 4. The minimum Gasteiger partial charge on any atom is -0.486 e. The van der Waals surface area contributed by atoms with E-state index in [-0.39, 0.29) is 0 Å². The number of aliphatic hydroxyl groups excluding tert-OH is 1. The van der Waals surface area contributed by atoms with Gasteiger partial charge in [-0.1, -0.05) is 17.7 Å². The fraction of sp³-hybridized carbons (Fsp3) is 0.308. The highest BCUT2D eigenvalue weighted by Crippen LogP contribution is 2.28. The minimum absolute atomic E-state index is 0.370. The zero-order valence-corrected chi connectivity index (χ0v) is 11.1. The Bertz CT molecular complexity index is 538. The molecule has 0 aliphatic rings. The molecule has 96 valence electrons. The van der Waals surface area contributed by atoms with Gasteiger partial charge in [0.15, 0.2) is 0 Å². The molecule has 18 heavy (non-hydrogen) atoms. The number of aromatic nitrogens is 2. The van der Waals surface area contributed by atoms with Crippen LogP contribution in [0.1, 0.15) is 24.3 Å². The summed E-state index contributed by atoms with van der Waals surface area (Å²) in [5.41, 5.74) is 1.61. The molecule has 2 rings (SSSR count). The van der Waals surface area contributed by atoms with Crippen molar-refractivity contribution in [3.63, 3.8) is 0 Å². The van der Waals surface area contributed by atoms with E-state index in [1.54, 1.807) is 29.8 Å². The lowest BCUT2D eigenvalue weighted by Gasteiger charge is -2.09. The number of benzene rings is 1. The lowest BCUT2D eigenvalue weighted by molar-refractivity contribution is 0.199. The van der Waals surface area contributed by atoms with Crippen LogP contribution in [0.4, 0.5) is 0 Å². The van der Waals surface area contributed by atoms with Crippen molar-refractivity contribution in [3.8, 4) is 5.75 Å². The van der Waals surface area contributed by atoms with Gasteiger partial charge < -0.3 is 9.84 Å². The standard InChI is InChI=1S/C13H15ClN2O2/c1-9(17)10-3-4-13(12(14)7-10)18-8-11-5-6-16(2)15-11/h3-7,9,17H,8H2,1-2H3/t9-/m1/s1. The maximum atomic E-state index is 9.44. The molecule has 1 heterocycles. The van der Waals surface area contributed by atoms with Crippen LogP contribution in [0.2, 0.25) is 5.02 Å². The molecule has 0 saturated heterocycles. The van der Waals surface area contributed by atoms with E-state index < -0.39 is 6.10 Å². The van der Waals surface area contributed by atoms with Crippen molar-refractivity contribution in [1.29, 1.82) is 0 Å². The SMILES string of the molecule is C[C@@H](O)c1ccc(OCc2ccn(C)n2)c(Cl)c1. The number of halogens is 1. The first-order valence-electron chi connectivity index (χ1n) is 5.65. The van der Waals surface area contributed by atoms with Crippen LogP contribution in [0.5, 0.6) is 5.75 Å². The van der Waals surface area contributed by atoms with Crippen molar-refractivity contribution < 1.29 is 9.84 Å². The molecule has 0 fully saturated rings. The van der Waals surface area contributed by atoms with Crippen molar-refractivity contribution in [3.05, 3.63) is 46.7 Å². The van der Waals surface area contributed by atoms with E-state index in [1.807, 2.05) is 19.3 Å². The molecular formula is C13H15ClN2O2. The van der Waals surface area contributed by atoms with Gasteiger partial charge in [0.05, 0.1) is 16.8 Å². The predicted octanol–water partition coefficient (Wildman–Crippen LogP) is 2.71. The zero-order valence-electron chi connectivity index (χ0n) is 10.3. The van der Waals surface area contributed by atoms with E-state index in [0.29, 0.717) is 17.4 Å². The van der Waals surface area contributed by atoms with Crippen LogP contribution in [-0.4, -0.2) is 14.9 Å². The van der Waals surface area contributed by atoms with Crippen LogP contribution in [-0.2, 0) is 13.7 Å². The monoisotopic (exact) mass is 266 g/mol. The third kappa shape index (κ3) is 3.03. The summed E-state index contributed by atoms with van der Waals surface area (Å²) in [6, 6.07) is 7.15. The molecule has 1 N–H and O–H groups in total. The minimum atomic E-state index is -0.535. The summed E-state index contributed by atoms with van der Waals surface area (Å²) in [7, 11) is 1.86. The van der Waals surface area contributed by atoms with Crippen LogP contribution < -0.4 is 4.74 Å². The molecule has 0 saturated carbocycles. The number of aliphatic hydroxyl groups is 1. The van der Waals surface area contributed by atoms with Crippen LogP contribution in [0.25, 0.3) is 0 Å². The topological polar surface area (TPSA) is 47.3 Å². The first-order valence-corrected chi connectivity index (χ1v) is 6.03. The van der Waals surface area contributed by atoms with E-state index >= 15 is 0 Å². The summed E-state index contributed by atoms with van der Waals surface area (Å²) in [5.74, 6) is 0.590. The normalized spacial score (nSPS) is 12.4. The van der Waals surface area contributed by atoms with Crippen molar-refractivity contribution >= 4 is 11.6 Å². The van der Waals surface area contributed by atoms with Gasteiger partial charge in [0.1, 0.15) is 12.4 Å². The Kier molecular flexibility index (Phi) is 3.89. The fourth-order valence-corrected chi connectivity index (χ4v) is 1.83. The lowest BCUT2D eigenvalue weighted by atomic mass is 10.1. The van der Waals surface area contributed by atoms with Gasteiger partial charge in [-0.15, -0.1) is 0 Å². The second kappa shape index (κ2) is 5.42. The third-order valence-corrected chi connectivity index (χ3v) is 2.88. The van der Waals surface area contributed by atoms with E-state index in [1.165, 1.54) is 0 Å². The van der Waals surface area contributed by atoms with Crippen molar-refractivity contribution in [2.24, 2.45) is 7.05 Å². The predicted molar refractivity (Wildman–Crippen MR) is 69.6 cm³/mol. The highest BCUT2D eigenvalue weighted by Gasteiger charge is 2.07. The van der Waals surface area contributed by atoms with Gasteiger partial charge >= 0.3 is 0 Å². The molecule has 1 atom stereocenters. The zero-order chi connectivity index (χ0) is 13.1. The molecule has 0 bridgehead atoms. The van der Waals surface area contributed by atoms with Crippen LogP contribution in [0.3, 0.4) is 0 Å². The third-order valence-electron chi connectivity index (χ3n) is 2.58. The molecule has 2 aromatic rings. The van der Waals surface area contributed by atoms with Gasteiger partial charge in [0.2, 0.25) is 0 Å². The fourth-order valence-electron chi connectivity index (χ4n) is 1.59. The molecule has 1 aromatic heterocycles. The van der Waals surface area contributed by atoms with E-state index in [9.17, 15) is 5.11 Å². The average molecular weight is 267 g/mol. The van der Waals surface area contributed by atoms with Gasteiger partial charge in [-0.3, -0.25) is 4.68 Å². The molecule has 0 unspecified atom stereocenters. The molecule has 0 amide bonds. The first kappa shape index (κ1) is 12.9. The maximum Gasteiger partial charge on any atom is 0.138 e. The van der Waals surface area contributed by atoms with Gasteiger partial charge in [0.25, 0.3) is 0 Å². The molecule has 4 nitrogen and oxygen atoms in total. The first-order chi connectivity index (χ1) is 8.56. The average Bonchev–Trinajstić information content (AvgIpc) is 2.73. The Balaban J connectivity index is 2.05. The van der Waals surface area contributed by atoms with Crippen LogP contribution in [0.15, 0.2) is 30.5 Å². The lowest BCUT2D eigenvalue weighted by Crippen LogP contribution is -1.99. The quantitative estimate of drug-likeness (QED) is 0.926. The van der Waals surface area contributed by atoms with Crippen molar-refractivity contribution in [2.45, 2.75) is 19.6 Å². The maximum absolute atomic E-state index is 9.44. The summed E-state index contributed by atoms with van der Waals surface area (Å²) in [5, 5.41) is 14.1. The van der Waals surface area contributed by atoms with Crippen LogP contribution >= 0.6 is 11.6 Å². The summed E-state index contributed by atoms with van der Waals surface area (Å²) in [6.07, 6.45) is 1.32. The molecule has 0 spiro atoms. The Hall–Kier alpha value is -1.52. The number of nitrogens with zero attached hydrogens (tertiary/aromatic N) is 2. The number of hydrogen-bond donors (Lipinski definition) is 1. The number of aryl methyl sites for hydroxylation is 1. The molecule has 1 aromatic carbocycles. The highest BCUT2D eigenvalue weighted by atomic mass is 35.5. The van der Waals surface area contributed by atoms with E-state index in [4.69, 9.17) is 16.3 Å². The number of hydrogen-bond acceptors (Lipinski definition) is 3. The molecule has 0 radical (unpaired) electrons. The smallest absolute Gasteiger partial charge is 0.138 e. The molecular weight excluding hydrogens is 252 g/mol. The summed E-state index contributed by atoms with van der Waals surface area (Å²) >= 11 is 6.08. The van der Waals surface area contributed by atoms with E-state index in [0.717, 1.165) is 11.3 Å². The second-order valence-electron chi connectivity index (χ2n) is 4.14. The Morgan fingerprint density at radius 3 is 2.78 bits per heavy atom. The van der Waals surface area contributed by atoms with Crippen molar-refractivity contribution in [2.75, 3.05) is 0 Å². The van der Waals surface area contributed by atoms with Gasteiger partial charge in [0, 0.05) is 13.2 Å². The van der Waals surface area contributed by atoms with Crippen molar-refractivity contribution in [1.82, 2.24) is 9.78 Å². The van der Waals surface area contributed by atoms with Crippen LogP contribution in [0, 0.1) is 0 Å². The van der Waals surface area contributed by atoms with Gasteiger partial charge in [-0.25, -0.2) is 0 Å². The molecule has 5 heteroatoms.